The maximum Gasteiger partial charge on any atom is 0.408 e. The lowest BCUT2D eigenvalue weighted by atomic mass is 10.2. The van der Waals surface area contributed by atoms with Gasteiger partial charge >= 0.3 is 18.3 Å². The van der Waals surface area contributed by atoms with E-state index in [1.54, 1.807) is 53.7 Å². The van der Waals surface area contributed by atoms with Gasteiger partial charge in [-0.15, -0.1) is 0 Å². The van der Waals surface area contributed by atoms with Crippen LogP contribution in [-0.4, -0.2) is 61.1 Å². The standard InChI is InChI=1S/C23H36N4O7/c1-22(2,3)33-20(30)25-13-12-24-18(28)17(27-21(31)34-23(4,5)6)14-26-19(29)32-15-16-10-8-7-9-11-16/h7-11,17H,12-15H2,1-6H3,(H,24,28)(H,25,30)(H,26,29)(H,27,31)/t17-/m0/s1. The molecule has 1 atom stereocenters. The Labute approximate surface area is 200 Å². The van der Waals surface area contributed by atoms with Crippen LogP contribution >= 0.6 is 0 Å². The van der Waals surface area contributed by atoms with E-state index in [0.29, 0.717) is 0 Å². The first-order valence-electron chi connectivity index (χ1n) is 10.9. The summed E-state index contributed by atoms with van der Waals surface area (Å²) in [5.41, 5.74) is -0.613. The Hall–Kier alpha value is -3.50. The first-order chi connectivity index (χ1) is 15.7. The molecule has 190 valence electrons. The third kappa shape index (κ3) is 13.8. The molecule has 11 heteroatoms. The maximum absolute atomic E-state index is 12.6. The Balaban J connectivity index is 2.57. The molecule has 0 aliphatic carbocycles. The van der Waals surface area contributed by atoms with Gasteiger partial charge in [0.2, 0.25) is 5.91 Å². The summed E-state index contributed by atoms with van der Waals surface area (Å²) < 4.78 is 15.4. The highest BCUT2D eigenvalue weighted by Gasteiger charge is 2.25. The number of rotatable bonds is 9. The first-order valence-corrected chi connectivity index (χ1v) is 10.9. The van der Waals surface area contributed by atoms with Crippen molar-refractivity contribution < 1.29 is 33.4 Å². The Bertz CT molecular complexity index is 817. The highest BCUT2D eigenvalue weighted by molar-refractivity contribution is 5.86. The Morgan fingerprint density at radius 3 is 1.91 bits per heavy atom. The number of ether oxygens (including phenoxy) is 3. The molecule has 1 aromatic rings. The smallest absolute Gasteiger partial charge is 0.408 e. The van der Waals surface area contributed by atoms with Gasteiger partial charge in [0.15, 0.2) is 0 Å². The van der Waals surface area contributed by atoms with Crippen LogP contribution in [0.1, 0.15) is 47.1 Å². The Kier molecular flexibility index (Phi) is 11.1. The molecular formula is C23H36N4O7. The van der Waals surface area contributed by atoms with E-state index in [9.17, 15) is 19.2 Å². The highest BCUT2D eigenvalue weighted by Crippen LogP contribution is 2.07. The normalized spacial score (nSPS) is 12.1. The minimum Gasteiger partial charge on any atom is -0.445 e. The van der Waals surface area contributed by atoms with Crippen LogP contribution in [0.3, 0.4) is 0 Å². The van der Waals surface area contributed by atoms with Gasteiger partial charge in [0.05, 0.1) is 6.54 Å². The lowest BCUT2D eigenvalue weighted by molar-refractivity contribution is -0.123. The van der Waals surface area contributed by atoms with E-state index in [2.05, 4.69) is 21.3 Å². The number of carbonyl (C=O) groups is 4. The van der Waals surface area contributed by atoms with Gasteiger partial charge in [-0.3, -0.25) is 4.79 Å². The predicted molar refractivity (Wildman–Crippen MR) is 125 cm³/mol. The van der Waals surface area contributed by atoms with Crippen LogP contribution in [-0.2, 0) is 25.6 Å². The molecule has 0 fully saturated rings. The van der Waals surface area contributed by atoms with Crippen LogP contribution in [0, 0.1) is 0 Å². The fourth-order valence-corrected chi connectivity index (χ4v) is 2.41. The second-order valence-corrected chi connectivity index (χ2v) is 9.36. The van der Waals surface area contributed by atoms with E-state index >= 15 is 0 Å². The summed E-state index contributed by atoms with van der Waals surface area (Å²) in [5.74, 6) is -0.583. The van der Waals surface area contributed by atoms with E-state index in [-0.39, 0.29) is 26.2 Å². The first kappa shape index (κ1) is 28.5. The molecule has 0 unspecified atom stereocenters. The van der Waals surface area contributed by atoms with Gasteiger partial charge < -0.3 is 35.5 Å². The Morgan fingerprint density at radius 1 is 0.765 bits per heavy atom. The third-order valence-electron chi connectivity index (χ3n) is 3.76. The minimum atomic E-state index is -1.14. The zero-order valence-electron chi connectivity index (χ0n) is 20.7. The summed E-state index contributed by atoms with van der Waals surface area (Å²) in [6.45, 7) is 10.2. The van der Waals surface area contributed by atoms with Crippen molar-refractivity contribution >= 4 is 24.2 Å². The summed E-state index contributed by atoms with van der Waals surface area (Å²) in [6, 6.07) is 7.95. The van der Waals surface area contributed by atoms with Gasteiger partial charge in [-0.05, 0) is 47.1 Å². The van der Waals surface area contributed by atoms with E-state index in [1.165, 1.54) is 0 Å². The number of nitrogens with one attached hydrogen (secondary N) is 4. The van der Waals surface area contributed by atoms with Crippen molar-refractivity contribution in [2.45, 2.75) is 65.4 Å². The lowest BCUT2D eigenvalue weighted by Gasteiger charge is -2.23. The van der Waals surface area contributed by atoms with Gasteiger partial charge in [0, 0.05) is 13.1 Å². The minimum absolute atomic E-state index is 0.0549. The summed E-state index contributed by atoms with van der Waals surface area (Å²) >= 11 is 0. The quantitative estimate of drug-likeness (QED) is 0.314. The molecule has 0 aliphatic heterocycles. The molecule has 1 aromatic carbocycles. The summed E-state index contributed by atoms with van der Waals surface area (Å²) in [4.78, 5) is 48.5. The second kappa shape index (κ2) is 13.3. The lowest BCUT2D eigenvalue weighted by Crippen LogP contribution is -2.54. The summed E-state index contributed by atoms with van der Waals surface area (Å²) in [5, 5.41) is 9.97. The number of hydrogen-bond donors (Lipinski definition) is 4. The average Bonchev–Trinajstić information content (AvgIpc) is 2.70. The van der Waals surface area contributed by atoms with Crippen LogP contribution in [0.5, 0.6) is 0 Å². The predicted octanol–water partition coefficient (Wildman–Crippen LogP) is 2.45. The second-order valence-electron chi connectivity index (χ2n) is 9.36. The molecular weight excluding hydrogens is 444 g/mol. The van der Waals surface area contributed by atoms with Crippen molar-refractivity contribution in [2.75, 3.05) is 19.6 Å². The van der Waals surface area contributed by atoms with Crippen molar-refractivity contribution in [3.05, 3.63) is 35.9 Å². The Morgan fingerprint density at radius 2 is 1.32 bits per heavy atom. The van der Waals surface area contributed by atoms with Gasteiger partial charge in [-0.1, -0.05) is 30.3 Å². The van der Waals surface area contributed by atoms with Crippen molar-refractivity contribution in [1.29, 1.82) is 0 Å². The average molecular weight is 481 g/mol. The number of hydrogen-bond acceptors (Lipinski definition) is 7. The maximum atomic E-state index is 12.6. The molecule has 0 spiro atoms. The van der Waals surface area contributed by atoms with Gasteiger partial charge in [0.25, 0.3) is 0 Å². The monoisotopic (exact) mass is 480 g/mol. The molecule has 0 saturated heterocycles. The van der Waals surface area contributed by atoms with Crippen molar-refractivity contribution in [3.8, 4) is 0 Å². The van der Waals surface area contributed by atoms with E-state index in [4.69, 9.17) is 14.2 Å². The van der Waals surface area contributed by atoms with Crippen molar-refractivity contribution in [1.82, 2.24) is 21.3 Å². The number of carbonyl (C=O) groups excluding carboxylic acids is 4. The zero-order valence-corrected chi connectivity index (χ0v) is 20.7. The fourth-order valence-electron chi connectivity index (χ4n) is 2.41. The zero-order chi connectivity index (χ0) is 25.8. The van der Waals surface area contributed by atoms with E-state index < -0.39 is 41.4 Å². The molecule has 0 heterocycles. The molecule has 4 N–H and O–H groups in total. The number of benzene rings is 1. The molecule has 1 rings (SSSR count). The third-order valence-corrected chi connectivity index (χ3v) is 3.76. The molecule has 0 aromatic heterocycles. The van der Waals surface area contributed by atoms with Crippen LogP contribution in [0.4, 0.5) is 14.4 Å². The molecule has 34 heavy (non-hydrogen) atoms. The molecule has 0 radical (unpaired) electrons. The highest BCUT2D eigenvalue weighted by atomic mass is 16.6. The van der Waals surface area contributed by atoms with Crippen molar-refractivity contribution in [3.63, 3.8) is 0 Å². The van der Waals surface area contributed by atoms with Crippen LogP contribution in [0.2, 0.25) is 0 Å². The molecule has 0 aliphatic rings. The fraction of sp³-hybridized carbons (Fsp3) is 0.565. The number of amides is 4. The van der Waals surface area contributed by atoms with Crippen molar-refractivity contribution in [2.24, 2.45) is 0 Å². The van der Waals surface area contributed by atoms with Crippen LogP contribution < -0.4 is 21.3 Å². The molecule has 11 nitrogen and oxygen atoms in total. The molecule has 4 amide bonds. The van der Waals surface area contributed by atoms with E-state index in [0.717, 1.165) is 5.56 Å². The van der Waals surface area contributed by atoms with Gasteiger partial charge in [-0.2, -0.15) is 0 Å². The van der Waals surface area contributed by atoms with Gasteiger partial charge in [0.1, 0.15) is 23.9 Å². The van der Waals surface area contributed by atoms with Gasteiger partial charge in [-0.25, -0.2) is 14.4 Å². The van der Waals surface area contributed by atoms with Crippen LogP contribution in [0.15, 0.2) is 30.3 Å². The summed E-state index contributed by atoms with van der Waals surface area (Å²) in [6.07, 6.45) is -2.19. The number of alkyl carbamates (subject to hydrolysis) is 3. The van der Waals surface area contributed by atoms with E-state index in [1.807, 2.05) is 18.2 Å². The molecule has 0 bridgehead atoms. The largest absolute Gasteiger partial charge is 0.445 e. The topological polar surface area (TPSA) is 144 Å². The summed E-state index contributed by atoms with van der Waals surface area (Å²) in [7, 11) is 0. The van der Waals surface area contributed by atoms with Crippen LogP contribution in [0.25, 0.3) is 0 Å². The molecule has 0 saturated carbocycles. The SMILES string of the molecule is CC(C)(C)OC(=O)NCCNC(=O)[C@H](CNC(=O)OCc1ccccc1)NC(=O)OC(C)(C)C.